The van der Waals surface area contributed by atoms with E-state index in [9.17, 15) is 0 Å². The fourth-order valence-electron chi connectivity index (χ4n) is 2.53. The highest BCUT2D eigenvalue weighted by Crippen LogP contribution is 2.33. The number of hydrogen-bond donors (Lipinski definition) is 1. The van der Waals surface area contributed by atoms with E-state index in [1.807, 2.05) is 12.1 Å². The molecule has 2 rings (SSSR count). The molecule has 1 aliphatic carbocycles. The second-order valence-electron chi connectivity index (χ2n) is 4.70. The Bertz CT molecular complexity index is 339. The summed E-state index contributed by atoms with van der Waals surface area (Å²) in [6, 6.07) is 5.66. The molecule has 0 heterocycles. The zero-order valence-corrected chi connectivity index (χ0v) is 10.8. The molecule has 3 heteroatoms. The highest BCUT2D eigenvalue weighted by molar-refractivity contribution is 6.34. The monoisotopic (exact) mass is 257 g/mol. The van der Waals surface area contributed by atoms with Gasteiger partial charge in [-0.25, -0.2) is 0 Å². The molecule has 0 amide bonds. The first kappa shape index (κ1) is 12.2. The summed E-state index contributed by atoms with van der Waals surface area (Å²) in [5.74, 6) is 0.785. The van der Waals surface area contributed by atoms with Crippen molar-refractivity contribution in [1.29, 1.82) is 0 Å². The third kappa shape index (κ3) is 3.13. The molecule has 0 aromatic heterocycles. The van der Waals surface area contributed by atoms with E-state index in [2.05, 4.69) is 0 Å². The van der Waals surface area contributed by atoms with Gasteiger partial charge in [0.25, 0.3) is 0 Å². The average Bonchev–Trinajstić information content (AvgIpc) is 2.68. The number of benzene rings is 1. The molecule has 1 fully saturated rings. The first-order valence-corrected chi connectivity index (χ1v) is 6.62. The summed E-state index contributed by atoms with van der Waals surface area (Å²) in [7, 11) is 0. The van der Waals surface area contributed by atoms with Gasteiger partial charge in [-0.15, -0.1) is 0 Å². The van der Waals surface area contributed by atoms with Crippen molar-refractivity contribution >= 4 is 23.2 Å². The molecule has 1 unspecified atom stereocenters. The minimum Gasteiger partial charge on any atom is -0.324 e. The predicted octanol–water partition coefficient (Wildman–Crippen LogP) is 4.57. The average molecular weight is 258 g/mol. The van der Waals surface area contributed by atoms with E-state index in [0.29, 0.717) is 10.0 Å². The van der Waals surface area contributed by atoms with Gasteiger partial charge >= 0.3 is 0 Å². The molecule has 0 bridgehead atoms. The van der Waals surface area contributed by atoms with Crippen LogP contribution < -0.4 is 5.73 Å². The highest BCUT2D eigenvalue weighted by Gasteiger charge is 2.19. The fourth-order valence-corrected chi connectivity index (χ4v) is 3.07. The van der Waals surface area contributed by atoms with Crippen LogP contribution in [0.2, 0.25) is 10.0 Å². The molecular weight excluding hydrogens is 241 g/mol. The van der Waals surface area contributed by atoms with E-state index in [1.54, 1.807) is 6.07 Å². The molecule has 0 aliphatic heterocycles. The van der Waals surface area contributed by atoms with E-state index in [-0.39, 0.29) is 6.04 Å². The molecule has 0 saturated heterocycles. The first-order chi connectivity index (χ1) is 7.65. The third-order valence-corrected chi connectivity index (χ3v) is 3.81. The summed E-state index contributed by atoms with van der Waals surface area (Å²) in [4.78, 5) is 0. The van der Waals surface area contributed by atoms with Crippen LogP contribution in [0.5, 0.6) is 0 Å². The summed E-state index contributed by atoms with van der Waals surface area (Å²) in [6.07, 6.45) is 6.40. The van der Waals surface area contributed by atoms with Gasteiger partial charge in [-0.05, 0) is 36.1 Å². The molecule has 2 N–H and O–H groups in total. The summed E-state index contributed by atoms with van der Waals surface area (Å²) < 4.78 is 0. The molecule has 0 spiro atoms. The Morgan fingerprint density at radius 1 is 1.12 bits per heavy atom. The molecule has 1 nitrogen and oxygen atoms in total. The summed E-state index contributed by atoms with van der Waals surface area (Å²) >= 11 is 11.9. The molecule has 88 valence electrons. The fraction of sp³-hybridized carbons (Fsp3) is 0.538. The van der Waals surface area contributed by atoms with Gasteiger partial charge in [0.1, 0.15) is 0 Å². The lowest BCUT2D eigenvalue weighted by molar-refractivity contribution is 0.451. The van der Waals surface area contributed by atoms with E-state index in [0.717, 1.165) is 17.9 Å². The highest BCUT2D eigenvalue weighted by atomic mass is 35.5. The Morgan fingerprint density at radius 3 is 2.25 bits per heavy atom. The largest absolute Gasteiger partial charge is 0.324 e. The molecule has 0 radical (unpaired) electrons. The molecule has 1 aliphatic rings. The quantitative estimate of drug-likeness (QED) is 0.844. The van der Waals surface area contributed by atoms with Gasteiger partial charge in [0.15, 0.2) is 0 Å². The first-order valence-electron chi connectivity index (χ1n) is 5.87. The van der Waals surface area contributed by atoms with Crippen molar-refractivity contribution in [3.05, 3.63) is 33.8 Å². The Labute approximate surface area is 107 Å². The lowest BCUT2D eigenvalue weighted by Crippen LogP contribution is -2.14. The number of halogens is 2. The van der Waals surface area contributed by atoms with Crippen LogP contribution in [-0.2, 0) is 0 Å². The van der Waals surface area contributed by atoms with Crippen molar-refractivity contribution < 1.29 is 0 Å². The van der Waals surface area contributed by atoms with Gasteiger partial charge in [0.05, 0.1) is 0 Å². The van der Waals surface area contributed by atoms with E-state index in [4.69, 9.17) is 28.9 Å². The molecule has 1 atom stereocenters. The maximum atomic E-state index is 6.20. The zero-order valence-electron chi connectivity index (χ0n) is 9.26. The minimum atomic E-state index is 0.0688. The molecule has 16 heavy (non-hydrogen) atoms. The number of hydrogen-bond acceptors (Lipinski definition) is 1. The van der Waals surface area contributed by atoms with E-state index in [1.165, 1.54) is 25.7 Å². The van der Waals surface area contributed by atoms with Crippen LogP contribution in [0.15, 0.2) is 18.2 Å². The van der Waals surface area contributed by atoms with Crippen LogP contribution in [0, 0.1) is 5.92 Å². The second-order valence-corrected chi connectivity index (χ2v) is 5.57. The van der Waals surface area contributed by atoms with Gasteiger partial charge in [0, 0.05) is 16.1 Å². The summed E-state index contributed by atoms with van der Waals surface area (Å²) in [5, 5.41) is 1.34. The minimum absolute atomic E-state index is 0.0688. The van der Waals surface area contributed by atoms with Gasteiger partial charge in [-0.1, -0.05) is 48.9 Å². The molecular formula is C13H17Cl2N. The number of nitrogens with two attached hydrogens (primary N) is 1. The Morgan fingerprint density at radius 2 is 1.69 bits per heavy atom. The SMILES string of the molecule is NC(CC1CCCC1)c1cc(Cl)cc(Cl)c1. The van der Waals surface area contributed by atoms with Crippen LogP contribution in [0.4, 0.5) is 0 Å². The normalized spacial score (nSPS) is 18.9. The van der Waals surface area contributed by atoms with Crippen LogP contribution >= 0.6 is 23.2 Å². The van der Waals surface area contributed by atoms with Gasteiger partial charge in [-0.2, -0.15) is 0 Å². The smallest absolute Gasteiger partial charge is 0.0424 e. The predicted molar refractivity (Wildman–Crippen MR) is 70.0 cm³/mol. The maximum Gasteiger partial charge on any atom is 0.0424 e. The maximum absolute atomic E-state index is 6.20. The van der Waals surface area contributed by atoms with Crippen molar-refractivity contribution in [2.45, 2.75) is 38.1 Å². The third-order valence-electron chi connectivity index (χ3n) is 3.38. The second kappa shape index (κ2) is 5.39. The van der Waals surface area contributed by atoms with Crippen molar-refractivity contribution in [3.63, 3.8) is 0 Å². The van der Waals surface area contributed by atoms with Crippen molar-refractivity contribution in [2.75, 3.05) is 0 Å². The van der Waals surface area contributed by atoms with Crippen LogP contribution in [0.1, 0.15) is 43.7 Å². The Kier molecular flexibility index (Phi) is 4.12. The van der Waals surface area contributed by atoms with Crippen LogP contribution in [-0.4, -0.2) is 0 Å². The van der Waals surface area contributed by atoms with Gasteiger partial charge in [0.2, 0.25) is 0 Å². The number of rotatable bonds is 3. The van der Waals surface area contributed by atoms with Crippen LogP contribution in [0.25, 0.3) is 0 Å². The zero-order chi connectivity index (χ0) is 11.5. The lowest BCUT2D eigenvalue weighted by Gasteiger charge is -2.17. The molecule has 1 aromatic rings. The summed E-state index contributed by atoms with van der Waals surface area (Å²) in [5.41, 5.74) is 7.25. The van der Waals surface area contributed by atoms with E-state index >= 15 is 0 Å². The molecule has 1 aromatic carbocycles. The topological polar surface area (TPSA) is 26.0 Å². The van der Waals surface area contributed by atoms with Gasteiger partial charge in [-0.3, -0.25) is 0 Å². The summed E-state index contributed by atoms with van der Waals surface area (Å²) in [6.45, 7) is 0. The van der Waals surface area contributed by atoms with Crippen LogP contribution in [0.3, 0.4) is 0 Å². The van der Waals surface area contributed by atoms with Crippen molar-refractivity contribution in [2.24, 2.45) is 11.7 Å². The van der Waals surface area contributed by atoms with Crippen molar-refractivity contribution in [1.82, 2.24) is 0 Å². The lowest BCUT2D eigenvalue weighted by atomic mass is 9.94. The Balaban J connectivity index is 2.04. The molecule has 1 saturated carbocycles. The Hall–Kier alpha value is -0.240. The van der Waals surface area contributed by atoms with Crippen molar-refractivity contribution in [3.8, 4) is 0 Å². The van der Waals surface area contributed by atoms with E-state index < -0.39 is 0 Å². The van der Waals surface area contributed by atoms with Gasteiger partial charge < -0.3 is 5.73 Å². The standard InChI is InChI=1S/C13H17Cl2N/c14-11-6-10(7-12(15)8-11)13(16)5-9-3-1-2-4-9/h6-9,13H,1-5,16H2.